The molecule has 0 amide bonds. The predicted molar refractivity (Wildman–Crippen MR) is 71.8 cm³/mol. The Morgan fingerprint density at radius 3 is 1.81 bits per heavy atom. The maximum Gasteiger partial charge on any atom is 0.0771 e. The van der Waals surface area contributed by atoms with Crippen molar-refractivity contribution in [1.29, 1.82) is 0 Å². The van der Waals surface area contributed by atoms with Gasteiger partial charge in [-0.25, -0.2) is 0 Å². The lowest BCUT2D eigenvalue weighted by Gasteiger charge is -2.48. The lowest BCUT2D eigenvalue weighted by atomic mass is 9.79. The first-order valence-corrected chi connectivity index (χ1v) is 6.80. The first-order valence-electron chi connectivity index (χ1n) is 6.80. The minimum absolute atomic E-state index is 0.113. The number of rotatable bonds is 8. The van der Waals surface area contributed by atoms with Gasteiger partial charge >= 0.3 is 0 Å². The Hall–Kier alpha value is -0.0800. The first-order chi connectivity index (χ1) is 7.33. The Bertz CT molecular complexity index is 186. The molecule has 0 aromatic carbocycles. The molecule has 0 heterocycles. The molecule has 1 unspecified atom stereocenters. The van der Waals surface area contributed by atoms with Gasteiger partial charge < -0.3 is 5.11 Å². The standard InChI is InChI=1S/C14H31NO/c1-7-10-12-15(11-8-2)14(6,9-3)13(4,5)16/h16H,7-12H2,1-6H3. The molecule has 16 heavy (non-hydrogen) atoms. The SMILES string of the molecule is CCCCN(CCC)C(C)(CC)C(C)(C)O. The maximum absolute atomic E-state index is 10.4. The van der Waals surface area contributed by atoms with E-state index in [1.807, 2.05) is 13.8 Å². The summed E-state index contributed by atoms with van der Waals surface area (Å²) in [6, 6.07) is 0. The highest BCUT2D eigenvalue weighted by Gasteiger charge is 2.42. The van der Waals surface area contributed by atoms with E-state index in [9.17, 15) is 5.11 Å². The summed E-state index contributed by atoms with van der Waals surface area (Å²) in [6.45, 7) is 14.8. The Morgan fingerprint density at radius 1 is 0.938 bits per heavy atom. The van der Waals surface area contributed by atoms with E-state index in [2.05, 4.69) is 32.6 Å². The number of unbranched alkanes of at least 4 members (excludes halogenated alkanes) is 1. The molecular weight excluding hydrogens is 198 g/mol. The number of hydrogen-bond acceptors (Lipinski definition) is 2. The maximum atomic E-state index is 10.4. The van der Waals surface area contributed by atoms with Crippen LogP contribution in [-0.2, 0) is 0 Å². The summed E-state index contributed by atoms with van der Waals surface area (Å²) in [5.74, 6) is 0. The van der Waals surface area contributed by atoms with Gasteiger partial charge in [0.25, 0.3) is 0 Å². The summed E-state index contributed by atoms with van der Waals surface area (Å²) < 4.78 is 0. The van der Waals surface area contributed by atoms with Crippen LogP contribution in [-0.4, -0.2) is 34.2 Å². The predicted octanol–water partition coefficient (Wildman–Crippen LogP) is 3.44. The molecule has 0 saturated carbocycles. The highest BCUT2D eigenvalue weighted by molar-refractivity contribution is 4.98. The van der Waals surface area contributed by atoms with Crippen molar-refractivity contribution in [2.24, 2.45) is 0 Å². The van der Waals surface area contributed by atoms with Gasteiger partial charge in [0.15, 0.2) is 0 Å². The fourth-order valence-electron chi connectivity index (χ4n) is 2.27. The van der Waals surface area contributed by atoms with E-state index in [-0.39, 0.29) is 5.54 Å². The first kappa shape index (κ1) is 15.9. The topological polar surface area (TPSA) is 23.5 Å². The quantitative estimate of drug-likeness (QED) is 0.689. The van der Waals surface area contributed by atoms with Gasteiger partial charge in [-0.3, -0.25) is 4.90 Å². The highest BCUT2D eigenvalue weighted by Crippen LogP contribution is 2.32. The van der Waals surface area contributed by atoms with Crippen LogP contribution in [0.5, 0.6) is 0 Å². The second kappa shape index (κ2) is 6.61. The molecule has 0 aromatic heterocycles. The molecule has 0 aliphatic heterocycles. The van der Waals surface area contributed by atoms with E-state index >= 15 is 0 Å². The Balaban J connectivity index is 4.81. The van der Waals surface area contributed by atoms with Crippen molar-refractivity contribution in [3.05, 3.63) is 0 Å². The monoisotopic (exact) mass is 229 g/mol. The molecule has 1 atom stereocenters. The Kier molecular flexibility index (Phi) is 6.57. The molecule has 0 radical (unpaired) electrons. The lowest BCUT2D eigenvalue weighted by molar-refractivity contribution is -0.0854. The fourth-order valence-corrected chi connectivity index (χ4v) is 2.27. The summed E-state index contributed by atoms with van der Waals surface area (Å²) in [6.07, 6.45) is 4.56. The van der Waals surface area contributed by atoms with Gasteiger partial charge in [0.05, 0.1) is 5.60 Å². The molecule has 0 rings (SSSR count). The molecule has 0 bridgehead atoms. The van der Waals surface area contributed by atoms with E-state index in [4.69, 9.17) is 0 Å². The molecule has 0 spiro atoms. The van der Waals surface area contributed by atoms with Crippen LogP contribution in [0.3, 0.4) is 0 Å². The number of aliphatic hydroxyl groups is 1. The van der Waals surface area contributed by atoms with Crippen molar-refractivity contribution in [1.82, 2.24) is 4.90 Å². The average molecular weight is 229 g/mol. The van der Waals surface area contributed by atoms with Gasteiger partial charge in [0.1, 0.15) is 0 Å². The largest absolute Gasteiger partial charge is 0.389 e. The minimum atomic E-state index is -0.648. The zero-order valence-electron chi connectivity index (χ0n) is 12.1. The van der Waals surface area contributed by atoms with Crippen LogP contribution in [0.15, 0.2) is 0 Å². The smallest absolute Gasteiger partial charge is 0.0771 e. The third kappa shape index (κ3) is 3.74. The summed E-state index contributed by atoms with van der Waals surface area (Å²) in [4.78, 5) is 2.47. The van der Waals surface area contributed by atoms with Crippen LogP contribution in [0.2, 0.25) is 0 Å². The summed E-state index contributed by atoms with van der Waals surface area (Å²) >= 11 is 0. The van der Waals surface area contributed by atoms with Crippen molar-refractivity contribution in [2.45, 2.75) is 78.4 Å². The second-order valence-electron chi connectivity index (χ2n) is 5.53. The van der Waals surface area contributed by atoms with Gasteiger partial charge in [-0.1, -0.05) is 27.2 Å². The zero-order chi connectivity index (χ0) is 12.8. The van der Waals surface area contributed by atoms with E-state index in [0.29, 0.717) is 0 Å². The molecule has 0 aromatic rings. The van der Waals surface area contributed by atoms with Gasteiger partial charge in [-0.05, 0) is 53.1 Å². The van der Waals surface area contributed by atoms with Crippen molar-refractivity contribution < 1.29 is 5.11 Å². The number of hydrogen-bond donors (Lipinski definition) is 1. The molecule has 98 valence electrons. The second-order valence-corrected chi connectivity index (χ2v) is 5.53. The zero-order valence-corrected chi connectivity index (χ0v) is 12.1. The van der Waals surface area contributed by atoms with Crippen molar-refractivity contribution in [2.75, 3.05) is 13.1 Å². The van der Waals surface area contributed by atoms with E-state index < -0.39 is 5.60 Å². The van der Waals surface area contributed by atoms with Gasteiger partial charge in [0.2, 0.25) is 0 Å². The van der Waals surface area contributed by atoms with Crippen molar-refractivity contribution in [3.8, 4) is 0 Å². The van der Waals surface area contributed by atoms with Crippen LogP contribution in [0.1, 0.15) is 67.2 Å². The molecule has 1 N–H and O–H groups in total. The third-order valence-corrected chi connectivity index (χ3v) is 3.98. The van der Waals surface area contributed by atoms with E-state index in [1.54, 1.807) is 0 Å². The lowest BCUT2D eigenvalue weighted by Crippen LogP contribution is -2.60. The number of nitrogens with zero attached hydrogens (tertiary/aromatic N) is 1. The van der Waals surface area contributed by atoms with E-state index in [1.165, 1.54) is 12.8 Å². The van der Waals surface area contributed by atoms with E-state index in [0.717, 1.165) is 25.9 Å². The highest BCUT2D eigenvalue weighted by atomic mass is 16.3. The summed E-state index contributed by atoms with van der Waals surface area (Å²) in [5, 5.41) is 10.4. The molecule has 2 heteroatoms. The van der Waals surface area contributed by atoms with Crippen LogP contribution >= 0.6 is 0 Å². The fraction of sp³-hybridized carbons (Fsp3) is 1.00. The van der Waals surface area contributed by atoms with Gasteiger partial charge in [-0.2, -0.15) is 0 Å². The Morgan fingerprint density at radius 2 is 1.50 bits per heavy atom. The molecule has 0 saturated heterocycles. The Labute approximate surface area is 102 Å². The molecular formula is C14H31NO. The van der Waals surface area contributed by atoms with Crippen LogP contribution in [0.4, 0.5) is 0 Å². The van der Waals surface area contributed by atoms with Gasteiger partial charge in [-0.15, -0.1) is 0 Å². The summed E-state index contributed by atoms with van der Waals surface area (Å²) in [7, 11) is 0. The van der Waals surface area contributed by atoms with Crippen molar-refractivity contribution >= 4 is 0 Å². The van der Waals surface area contributed by atoms with Crippen LogP contribution < -0.4 is 0 Å². The van der Waals surface area contributed by atoms with Gasteiger partial charge in [0, 0.05) is 5.54 Å². The minimum Gasteiger partial charge on any atom is -0.389 e. The normalized spacial score (nSPS) is 16.5. The molecule has 0 aliphatic rings. The average Bonchev–Trinajstić information content (AvgIpc) is 2.21. The van der Waals surface area contributed by atoms with Crippen molar-refractivity contribution in [3.63, 3.8) is 0 Å². The van der Waals surface area contributed by atoms with Crippen LogP contribution in [0, 0.1) is 0 Å². The molecule has 2 nitrogen and oxygen atoms in total. The summed E-state index contributed by atoms with van der Waals surface area (Å²) in [5.41, 5.74) is -0.761. The molecule has 0 fully saturated rings. The van der Waals surface area contributed by atoms with Crippen LogP contribution in [0.25, 0.3) is 0 Å². The third-order valence-electron chi connectivity index (χ3n) is 3.98. The molecule has 0 aliphatic carbocycles.